The Morgan fingerprint density at radius 3 is 2.38 bits per heavy atom. The molecule has 0 bridgehead atoms. The Morgan fingerprint density at radius 1 is 1.00 bits per heavy atom. The first-order chi connectivity index (χ1) is 10.3. The molecule has 2 heterocycles. The Morgan fingerprint density at radius 2 is 1.71 bits per heavy atom. The molecule has 1 aromatic carbocycles. The van der Waals surface area contributed by atoms with Gasteiger partial charge >= 0.3 is 0 Å². The van der Waals surface area contributed by atoms with E-state index in [1.165, 1.54) is 12.8 Å². The van der Waals surface area contributed by atoms with Gasteiger partial charge in [-0.3, -0.25) is 4.98 Å². The predicted molar refractivity (Wildman–Crippen MR) is 84.0 cm³/mol. The lowest BCUT2D eigenvalue weighted by Gasteiger charge is -2.30. The quantitative estimate of drug-likeness (QED) is 0.916. The molecule has 1 fully saturated rings. The maximum absolute atomic E-state index is 11.3. The molecule has 1 aliphatic rings. The Kier molecular flexibility index (Phi) is 4.32. The Labute approximate surface area is 126 Å². The van der Waals surface area contributed by atoms with Crippen LogP contribution in [0, 0.1) is 0 Å². The summed E-state index contributed by atoms with van der Waals surface area (Å²) in [7, 11) is 0. The molecule has 3 heteroatoms. The van der Waals surface area contributed by atoms with Crippen LogP contribution in [-0.4, -0.2) is 34.6 Å². The van der Waals surface area contributed by atoms with Crippen molar-refractivity contribution in [1.29, 1.82) is 0 Å². The van der Waals surface area contributed by atoms with E-state index in [4.69, 9.17) is 0 Å². The highest BCUT2D eigenvalue weighted by Crippen LogP contribution is 2.32. The minimum absolute atomic E-state index is 0.675. The number of likely N-dealkylation sites (tertiary alicyclic amines) is 1. The zero-order chi connectivity index (χ0) is 14.5. The first-order valence-corrected chi connectivity index (χ1v) is 7.71. The maximum Gasteiger partial charge on any atom is 0.133 e. The van der Waals surface area contributed by atoms with E-state index in [0.717, 1.165) is 30.9 Å². The van der Waals surface area contributed by atoms with Crippen LogP contribution in [0.1, 0.15) is 30.5 Å². The topological polar surface area (TPSA) is 36.4 Å². The fraction of sp³-hybridized carbons (Fsp3) is 0.389. The van der Waals surface area contributed by atoms with Gasteiger partial charge in [0.2, 0.25) is 0 Å². The smallest absolute Gasteiger partial charge is 0.133 e. The first kappa shape index (κ1) is 14.2. The summed E-state index contributed by atoms with van der Waals surface area (Å²) in [4.78, 5) is 6.83. The number of pyridine rings is 1. The minimum Gasteiger partial charge on any atom is -0.379 e. The summed E-state index contributed by atoms with van der Waals surface area (Å²) in [6, 6.07) is 15.6. The van der Waals surface area contributed by atoms with Gasteiger partial charge in [-0.15, -0.1) is 0 Å². The molecular formula is C18H22N2O. The molecule has 110 valence electrons. The van der Waals surface area contributed by atoms with E-state index in [2.05, 4.69) is 9.88 Å². The number of hydrogen-bond donors (Lipinski definition) is 1. The second-order valence-corrected chi connectivity index (χ2v) is 5.74. The van der Waals surface area contributed by atoms with Gasteiger partial charge in [0, 0.05) is 12.7 Å². The van der Waals surface area contributed by atoms with Crippen LogP contribution in [0.25, 0.3) is 0 Å². The van der Waals surface area contributed by atoms with Gasteiger partial charge in [0.05, 0.1) is 5.69 Å². The summed E-state index contributed by atoms with van der Waals surface area (Å²) in [6.45, 7) is 3.20. The van der Waals surface area contributed by atoms with Crippen LogP contribution < -0.4 is 0 Å². The molecule has 1 saturated heterocycles. The lowest BCUT2D eigenvalue weighted by atomic mass is 9.86. The van der Waals surface area contributed by atoms with Crippen molar-refractivity contribution in [3.63, 3.8) is 0 Å². The summed E-state index contributed by atoms with van der Waals surface area (Å²) >= 11 is 0. The molecule has 1 N–H and O–H groups in total. The minimum atomic E-state index is -1.01. The zero-order valence-corrected chi connectivity index (χ0v) is 12.3. The highest BCUT2D eigenvalue weighted by atomic mass is 16.3. The number of nitrogens with zero attached hydrogens (tertiary/aromatic N) is 2. The van der Waals surface area contributed by atoms with Crippen LogP contribution >= 0.6 is 0 Å². The third-order valence-corrected chi connectivity index (χ3v) is 4.33. The summed E-state index contributed by atoms with van der Waals surface area (Å²) in [6.07, 6.45) is 4.97. The fourth-order valence-corrected chi connectivity index (χ4v) is 3.07. The van der Waals surface area contributed by atoms with Crippen molar-refractivity contribution in [2.24, 2.45) is 0 Å². The van der Waals surface area contributed by atoms with Gasteiger partial charge in [0.15, 0.2) is 0 Å². The Bertz CT molecular complexity index is 510. The van der Waals surface area contributed by atoms with Crippen molar-refractivity contribution in [1.82, 2.24) is 9.88 Å². The van der Waals surface area contributed by atoms with Crippen LogP contribution in [0.3, 0.4) is 0 Å². The van der Waals surface area contributed by atoms with Gasteiger partial charge in [-0.05, 0) is 50.0 Å². The summed E-state index contributed by atoms with van der Waals surface area (Å²) in [5, 5.41) is 11.3. The standard InChI is InChI=1S/C18H22N2O/c21-18(16-8-2-1-3-9-16,17-10-4-5-12-19-17)11-15-20-13-6-7-14-20/h1-5,8-10,12,21H,6-7,11,13-15H2. The van der Waals surface area contributed by atoms with Crippen molar-refractivity contribution in [3.8, 4) is 0 Å². The molecule has 0 radical (unpaired) electrons. The lowest BCUT2D eigenvalue weighted by Crippen LogP contribution is -2.34. The van der Waals surface area contributed by atoms with E-state index in [1.807, 2.05) is 48.5 Å². The number of rotatable bonds is 5. The SMILES string of the molecule is OC(CCN1CCCC1)(c1ccccc1)c1ccccn1. The highest BCUT2D eigenvalue weighted by Gasteiger charge is 2.33. The molecular weight excluding hydrogens is 260 g/mol. The average Bonchev–Trinajstić information content (AvgIpc) is 3.08. The van der Waals surface area contributed by atoms with E-state index in [9.17, 15) is 5.11 Å². The zero-order valence-electron chi connectivity index (χ0n) is 12.3. The van der Waals surface area contributed by atoms with Gasteiger partial charge < -0.3 is 10.0 Å². The monoisotopic (exact) mass is 282 g/mol. The number of aliphatic hydroxyl groups is 1. The van der Waals surface area contributed by atoms with Crippen molar-refractivity contribution < 1.29 is 5.11 Å². The molecule has 1 aliphatic heterocycles. The van der Waals surface area contributed by atoms with Crippen molar-refractivity contribution in [3.05, 3.63) is 66.0 Å². The van der Waals surface area contributed by atoms with Crippen LogP contribution in [0.15, 0.2) is 54.7 Å². The largest absolute Gasteiger partial charge is 0.379 e. The second-order valence-electron chi connectivity index (χ2n) is 5.74. The molecule has 21 heavy (non-hydrogen) atoms. The summed E-state index contributed by atoms with van der Waals surface area (Å²) in [5.41, 5.74) is 0.642. The normalized spacial score (nSPS) is 18.5. The number of hydrogen-bond acceptors (Lipinski definition) is 3. The van der Waals surface area contributed by atoms with Gasteiger partial charge in [0.25, 0.3) is 0 Å². The van der Waals surface area contributed by atoms with E-state index in [1.54, 1.807) is 6.20 Å². The predicted octanol–water partition coefficient (Wildman–Crippen LogP) is 2.80. The molecule has 0 spiro atoms. The van der Waals surface area contributed by atoms with Gasteiger partial charge in [-0.1, -0.05) is 36.4 Å². The van der Waals surface area contributed by atoms with Crippen LogP contribution in [-0.2, 0) is 5.60 Å². The van der Waals surface area contributed by atoms with E-state index in [-0.39, 0.29) is 0 Å². The molecule has 1 atom stereocenters. The van der Waals surface area contributed by atoms with Crippen molar-refractivity contribution in [2.45, 2.75) is 24.9 Å². The molecule has 0 aliphatic carbocycles. The molecule has 1 unspecified atom stereocenters. The Balaban J connectivity index is 1.87. The molecule has 0 saturated carbocycles. The lowest BCUT2D eigenvalue weighted by molar-refractivity contribution is 0.0560. The van der Waals surface area contributed by atoms with Crippen molar-refractivity contribution >= 4 is 0 Å². The van der Waals surface area contributed by atoms with E-state index in [0.29, 0.717) is 6.42 Å². The first-order valence-electron chi connectivity index (χ1n) is 7.71. The molecule has 2 aromatic rings. The van der Waals surface area contributed by atoms with Crippen LogP contribution in [0.5, 0.6) is 0 Å². The maximum atomic E-state index is 11.3. The molecule has 0 amide bonds. The number of benzene rings is 1. The van der Waals surface area contributed by atoms with Crippen LogP contribution in [0.4, 0.5) is 0 Å². The van der Waals surface area contributed by atoms with Gasteiger partial charge in [0.1, 0.15) is 5.60 Å². The summed E-state index contributed by atoms with van der Waals surface area (Å²) < 4.78 is 0. The van der Waals surface area contributed by atoms with E-state index >= 15 is 0 Å². The summed E-state index contributed by atoms with van der Waals surface area (Å²) in [5.74, 6) is 0. The van der Waals surface area contributed by atoms with Crippen molar-refractivity contribution in [2.75, 3.05) is 19.6 Å². The van der Waals surface area contributed by atoms with Gasteiger partial charge in [-0.25, -0.2) is 0 Å². The van der Waals surface area contributed by atoms with Gasteiger partial charge in [-0.2, -0.15) is 0 Å². The molecule has 3 rings (SSSR count). The second kappa shape index (κ2) is 6.37. The third kappa shape index (κ3) is 3.14. The number of aromatic nitrogens is 1. The highest BCUT2D eigenvalue weighted by molar-refractivity contribution is 5.32. The Hall–Kier alpha value is -1.71. The van der Waals surface area contributed by atoms with Crippen LogP contribution in [0.2, 0.25) is 0 Å². The average molecular weight is 282 g/mol. The fourth-order valence-electron chi connectivity index (χ4n) is 3.07. The van der Waals surface area contributed by atoms with E-state index < -0.39 is 5.60 Å². The third-order valence-electron chi connectivity index (χ3n) is 4.33. The molecule has 3 nitrogen and oxygen atoms in total. The molecule has 1 aromatic heterocycles.